The van der Waals surface area contributed by atoms with Crippen molar-refractivity contribution in [1.82, 2.24) is 5.32 Å². The van der Waals surface area contributed by atoms with Gasteiger partial charge >= 0.3 is 0 Å². The monoisotopic (exact) mass is 281 g/mol. The summed E-state index contributed by atoms with van der Waals surface area (Å²) in [6, 6.07) is 0. The van der Waals surface area contributed by atoms with E-state index in [2.05, 4.69) is 21.2 Å². The Morgan fingerprint density at radius 1 is 1.27 bits per heavy atom. The quantitative estimate of drug-likeness (QED) is 0.486. The predicted molar refractivity (Wildman–Crippen MR) is 63.3 cm³/mol. The van der Waals surface area contributed by atoms with Crippen molar-refractivity contribution < 1.29 is 14.3 Å². The van der Waals surface area contributed by atoms with E-state index in [4.69, 9.17) is 9.47 Å². The van der Waals surface area contributed by atoms with Crippen LogP contribution in [0.1, 0.15) is 19.3 Å². The fourth-order valence-electron chi connectivity index (χ4n) is 0.982. The third kappa shape index (κ3) is 11.8. The molecule has 0 bridgehead atoms. The smallest absolute Gasteiger partial charge is 0.245 e. The van der Waals surface area contributed by atoms with Gasteiger partial charge < -0.3 is 14.8 Å². The van der Waals surface area contributed by atoms with Gasteiger partial charge in [-0.25, -0.2) is 0 Å². The Bertz CT molecular complexity index is 156. The molecule has 0 aromatic heterocycles. The van der Waals surface area contributed by atoms with Crippen molar-refractivity contribution in [2.75, 3.05) is 38.8 Å². The number of methoxy groups -OCH3 is 1. The molecule has 0 fully saturated rings. The predicted octanol–water partition coefficient (Wildman–Crippen LogP) is 1.33. The number of carbonyl (C=O) groups is 1. The van der Waals surface area contributed by atoms with Crippen molar-refractivity contribution in [1.29, 1.82) is 0 Å². The highest BCUT2D eigenvalue weighted by Gasteiger charge is 1.99. The number of hydrogen-bond donors (Lipinski definition) is 1. The lowest BCUT2D eigenvalue weighted by Gasteiger charge is -2.05. The van der Waals surface area contributed by atoms with E-state index in [1.54, 1.807) is 7.11 Å². The van der Waals surface area contributed by atoms with Crippen molar-refractivity contribution in [3.05, 3.63) is 0 Å². The minimum absolute atomic E-state index is 0.0510. The van der Waals surface area contributed by atoms with Gasteiger partial charge in [-0.3, -0.25) is 4.79 Å². The first-order valence-electron chi connectivity index (χ1n) is 5.20. The van der Waals surface area contributed by atoms with E-state index in [-0.39, 0.29) is 12.5 Å². The van der Waals surface area contributed by atoms with E-state index >= 15 is 0 Å². The standard InChI is InChI=1S/C10H20BrNO3/c1-14-7-8-15-9-10(13)12-6-4-2-3-5-11/h2-9H2,1H3,(H,12,13). The van der Waals surface area contributed by atoms with Crippen LogP contribution in [0, 0.1) is 0 Å². The lowest BCUT2D eigenvalue weighted by atomic mass is 10.2. The van der Waals surface area contributed by atoms with Gasteiger partial charge in [-0.15, -0.1) is 0 Å². The lowest BCUT2D eigenvalue weighted by molar-refractivity contribution is -0.126. The molecule has 0 unspecified atom stereocenters. The molecule has 0 aliphatic heterocycles. The molecule has 0 heterocycles. The zero-order valence-corrected chi connectivity index (χ0v) is 10.8. The maximum Gasteiger partial charge on any atom is 0.245 e. The van der Waals surface area contributed by atoms with E-state index in [0.29, 0.717) is 13.2 Å². The molecule has 90 valence electrons. The summed E-state index contributed by atoms with van der Waals surface area (Å²) in [6.07, 6.45) is 3.31. The van der Waals surface area contributed by atoms with Gasteiger partial charge in [-0.1, -0.05) is 22.4 Å². The number of hydrogen-bond acceptors (Lipinski definition) is 3. The van der Waals surface area contributed by atoms with Crippen LogP contribution in [-0.2, 0) is 14.3 Å². The fourth-order valence-corrected chi connectivity index (χ4v) is 1.38. The minimum atomic E-state index is -0.0510. The Morgan fingerprint density at radius 3 is 2.73 bits per heavy atom. The number of alkyl halides is 1. The third-order valence-corrected chi connectivity index (χ3v) is 2.36. The van der Waals surface area contributed by atoms with Gasteiger partial charge in [0.1, 0.15) is 6.61 Å². The molecular formula is C10H20BrNO3. The summed E-state index contributed by atoms with van der Waals surface area (Å²) in [4.78, 5) is 11.2. The first kappa shape index (κ1) is 14.9. The van der Waals surface area contributed by atoms with Crippen molar-refractivity contribution in [2.24, 2.45) is 0 Å². The Morgan fingerprint density at radius 2 is 2.07 bits per heavy atom. The second-order valence-corrected chi connectivity index (χ2v) is 3.94. The Labute approximate surface area is 99.8 Å². The molecule has 0 spiro atoms. The highest BCUT2D eigenvalue weighted by molar-refractivity contribution is 9.09. The van der Waals surface area contributed by atoms with Crippen LogP contribution in [0.2, 0.25) is 0 Å². The van der Waals surface area contributed by atoms with Crippen LogP contribution >= 0.6 is 15.9 Å². The Hall–Kier alpha value is -0.130. The number of unbranched alkanes of at least 4 members (excludes halogenated alkanes) is 2. The van der Waals surface area contributed by atoms with E-state index in [9.17, 15) is 4.79 Å². The molecule has 1 N–H and O–H groups in total. The number of halogens is 1. The largest absolute Gasteiger partial charge is 0.382 e. The SMILES string of the molecule is COCCOCC(=O)NCCCCCBr. The van der Waals surface area contributed by atoms with Gasteiger partial charge in [0.05, 0.1) is 13.2 Å². The molecule has 0 saturated heterocycles. The number of nitrogens with one attached hydrogen (secondary N) is 1. The van der Waals surface area contributed by atoms with Gasteiger partial charge in [-0.05, 0) is 12.8 Å². The molecule has 0 aromatic rings. The van der Waals surface area contributed by atoms with Crippen LogP contribution in [0.15, 0.2) is 0 Å². The zero-order chi connectivity index (χ0) is 11.4. The highest BCUT2D eigenvalue weighted by Crippen LogP contribution is 1.96. The summed E-state index contributed by atoms with van der Waals surface area (Å²) in [5.41, 5.74) is 0. The van der Waals surface area contributed by atoms with Gasteiger partial charge in [0.25, 0.3) is 0 Å². The van der Waals surface area contributed by atoms with Gasteiger partial charge in [0, 0.05) is 19.0 Å². The molecule has 0 aromatic carbocycles. The average molecular weight is 282 g/mol. The maximum absolute atomic E-state index is 11.2. The Balaban J connectivity index is 3.11. The van der Waals surface area contributed by atoms with Crippen LogP contribution in [0.5, 0.6) is 0 Å². The van der Waals surface area contributed by atoms with Gasteiger partial charge in [-0.2, -0.15) is 0 Å². The van der Waals surface area contributed by atoms with Crippen molar-refractivity contribution in [2.45, 2.75) is 19.3 Å². The van der Waals surface area contributed by atoms with E-state index in [1.165, 1.54) is 0 Å². The minimum Gasteiger partial charge on any atom is -0.382 e. The van der Waals surface area contributed by atoms with Gasteiger partial charge in [0.15, 0.2) is 0 Å². The van der Waals surface area contributed by atoms with Crippen LogP contribution in [0.3, 0.4) is 0 Å². The van der Waals surface area contributed by atoms with Crippen LogP contribution < -0.4 is 5.32 Å². The molecule has 0 aliphatic carbocycles. The van der Waals surface area contributed by atoms with Gasteiger partial charge in [0.2, 0.25) is 5.91 Å². The van der Waals surface area contributed by atoms with Crippen LogP contribution in [0.25, 0.3) is 0 Å². The summed E-state index contributed by atoms with van der Waals surface area (Å²) in [6.45, 7) is 1.85. The molecule has 0 atom stereocenters. The number of carbonyl (C=O) groups excluding carboxylic acids is 1. The molecule has 0 radical (unpaired) electrons. The number of ether oxygens (including phenoxy) is 2. The fraction of sp³-hybridized carbons (Fsp3) is 0.900. The van der Waals surface area contributed by atoms with Crippen LogP contribution in [-0.4, -0.2) is 44.7 Å². The summed E-state index contributed by atoms with van der Waals surface area (Å²) in [5, 5.41) is 3.83. The zero-order valence-electron chi connectivity index (χ0n) is 9.26. The van der Waals surface area contributed by atoms with E-state index in [0.717, 1.165) is 31.1 Å². The maximum atomic E-state index is 11.2. The first-order chi connectivity index (χ1) is 7.31. The lowest BCUT2D eigenvalue weighted by Crippen LogP contribution is -2.29. The molecule has 0 saturated carbocycles. The Kier molecular flexibility index (Phi) is 11.8. The summed E-state index contributed by atoms with van der Waals surface area (Å²) in [7, 11) is 1.60. The molecule has 1 amide bonds. The number of rotatable bonds is 10. The molecule has 4 nitrogen and oxygen atoms in total. The normalized spacial score (nSPS) is 10.3. The molecular weight excluding hydrogens is 262 g/mol. The third-order valence-electron chi connectivity index (χ3n) is 1.80. The molecule has 0 aliphatic rings. The first-order valence-corrected chi connectivity index (χ1v) is 6.32. The highest BCUT2D eigenvalue weighted by atomic mass is 79.9. The van der Waals surface area contributed by atoms with E-state index in [1.807, 2.05) is 0 Å². The second-order valence-electron chi connectivity index (χ2n) is 3.14. The molecule has 5 heteroatoms. The number of amides is 1. The summed E-state index contributed by atoms with van der Waals surface area (Å²) < 4.78 is 9.86. The second kappa shape index (κ2) is 11.9. The summed E-state index contributed by atoms with van der Waals surface area (Å²) in [5.74, 6) is -0.0510. The average Bonchev–Trinajstić information content (AvgIpc) is 2.24. The van der Waals surface area contributed by atoms with Crippen LogP contribution in [0.4, 0.5) is 0 Å². The van der Waals surface area contributed by atoms with Crippen molar-refractivity contribution in [3.63, 3.8) is 0 Å². The topological polar surface area (TPSA) is 47.6 Å². The molecule has 15 heavy (non-hydrogen) atoms. The van der Waals surface area contributed by atoms with E-state index < -0.39 is 0 Å². The van der Waals surface area contributed by atoms with Crippen molar-refractivity contribution in [3.8, 4) is 0 Å². The summed E-state index contributed by atoms with van der Waals surface area (Å²) >= 11 is 3.36. The van der Waals surface area contributed by atoms with Crippen molar-refractivity contribution >= 4 is 21.8 Å². The molecule has 0 rings (SSSR count).